The van der Waals surface area contributed by atoms with Crippen molar-refractivity contribution in [1.29, 1.82) is 0 Å². The summed E-state index contributed by atoms with van der Waals surface area (Å²) in [7, 11) is 0. The van der Waals surface area contributed by atoms with Crippen LogP contribution < -0.4 is 4.90 Å². The number of aromatic nitrogens is 1. The number of benzene rings is 9. The van der Waals surface area contributed by atoms with Crippen LogP contribution in [0, 0.1) is 0 Å². The van der Waals surface area contributed by atoms with Crippen LogP contribution >= 0.6 is 0 Å². The van der Waals surface area contributed by atoms with E-state index in [1.165, 1.54) is 99.9 Å². The van der Waals surface area contributed by atoms with Gasteiger partial charge in [-0.25, -0.2) is 0 Å². The lowest BCUT2D eigenvalue weighted by molar-refractivity contribution is 0.660. The maximum atomic E-state index is 2.49. The maximum absolute atomic E-state index is 2.49. The molecule has 9 aromatic carbocycles. The summed E-state index contributed by atoms with van der Waals surface area (Å²) in [4.78, 5) is 2.49. The molecule has 10 aromatic rings. The van der Waals surface area contributed by atoms with E-state index in [1.807, 2.05) is 0 Å². The number of rotatable bonds is 6. The fraction of sp³-hybridized carbons (Fsp3) is 0.100. The SMILES string of the molecule is CC1(C)c2ccccc2-c2c(-c3cccc(N(c4ccc(-c5ccc6c(c5)c5ccccc5n6-c5ccccc5)cc4)c4cccc5c4-c4ccccc4C5(C)C)c3)cccc21. The van der Waals surface area contributed by atoms with Crippen LogP contribution in [0.3, 0.4) is 0 Å². The first kappa shape index (κ1) is 36.4. The Balaban J connectivity index is 1.02. The van der Waals surface area contributed by atoms with Gasteiger partial charge in [0.2, 0.25) is 0 Å². The lowest BCUT2D eigenvalue weighted by Gasteiger charge is -2.29. The first-order valence-electron chi connectivity index (χ1n) is 21.9. The molecule has 0 amide bonds. The molecule has 0 bridgehead atoms. The molecule has 0 aliphatic heterocycles. The molecular formula is C60H46N2. The van der Waals surface area contributed by atoms with Crippen molar-refractivity contribution in [2.75, 3.05) is 4.90 Å². The Morgan fingerprint density at radius 2 is 0.919 bits per heavy atom. The standard InChI is InChI=1S/C60H46N2/c1-59(2)50-25-11-8-22-47(50)57-45(24-15-27-52(57)59)41-17-14-20-44(37-41)61(56-30-16-28-53-58(56)48-23-9-12-26-51(48)60(53,3)4)43-34-31-39(32-35-43)40-33-36-55-49(38-40)46-21-10-13-29-54(46)62(55)42-18-6-5-7-19-42/h5-38H,1-4H3. The topological polar surface area (TPSA) is 8.17 Å². The largest absolute Gasteiger partial charge is 0.310 e. The predicted octanol–water partition coefficient (Wildman–Crippen LogP) is 16.2. The lowest BCUT2D eigenvalue weighted by atomic mass is 9.82. The Bertz CT molecular complexity index is 3400. The molecule has 0 spiro atoms. The van der Waals surface area contributed by atoms with Crippen molar-refractivity contribution in [3.05, 3.63) is 229 Å². The summed E-state index contributed by atoms with van der Waals surface area (Å²) in [6.45, 7) is 9.45. The second-order valence-electron chi connectivity index (χ2n) is 18.1. The van der Waals surface area contributed by atoms with Crippen LogP contribution in [-0.4, -0.2) is 4.57 Å². The molecule has 0 radical (unpaired) electrons. The van der Waals surface area contributed by atoms with Gasteiger partial charge in [0.15, 0.2) is 0 Å². The molecule has 0 saturated heterocycles. The van der Waals surface area contributed by atoms with E-state index in [9.17, 15) is 0 Å². The van der Waals surface area contributed by atoms with Crippen molar-refractivity contribution >= 4 is 38.9 Å². The zero-order chi connectivity index (χ0) is 41.7. The third-order valence-corrected chi connectivity index (χ3v) is 14.0. The number of hydrogen-bond donors (Lipinski definition) is 0. The minimum atomic E-state index is -0.119. The van der Waals surface area contributed by atoms with Crippen LogP contribution in [-0.2, 0) is 10.8 Å². The fourth-order valence-corrected chi connectivity index (χ4v) is 11.0. The van der Waals surface area contributed by atoms with Gasteiger partial charge in [-0.1, -0.05) is 173 Å². The van der Waals surface area contributed by atoms with Gasteiger partial charge in [-0.3, -0.25) is 0 Å². The molecule has 296 valence electrons. The number of fused-ring (bicyclic) bond motifs is 9. The van der Waals surface area contributed by atoms with Crippen LogP contribution in [0.15, 0.2) is 206 Å². The molecule has 2 aliphatic carbocycles. The smallest absolute Gasteiger partial charge is 0.0543 e. The summed E-state index contributed by atoms with van der Waals surface area (Å²) in [5.74, 6) is 0. The van der Waals surface area contributed by atoms with Crippen molar-refractivity contribution < 1.29 is 0 Å². The molecule has 12 rings (SSSR count). The zero-order valence-corrected chi connectivity index (χ0v) is 35.5. The van der Waals surface area contributed by atoms with Gasteiger partial charge in [-0.05, 0) is 122 Å². The predicted molar refractivity (Wildman–Crippen MR) is 261 cm³/mol. The van der Waals surface area contributed by atoms with E-state index in [4.69, 9.17) is 0 Å². The lowest BCUT2D eigenvalue weighted by Crippen LogP contribution is -2.16. The third-order valence-electron chi connectivity index (χ3n) is 14.0. The second-order valence-corrected chi connectivity index (χ2v) is 18.1. The highest BCUT2D eigenvalue weighted by Gasteiger charge is 2.39. The summed E-state index contributed by atoms with van der Waals surface area (Å²) in [5, 5.41) is 2.51. The number of nitrogens with zero attached hydrogens (tertiary/aromatic N) is 2. The van der Waals surface area contributed by atoms with Gasteiger partial charge in [0.25, 0.3) is 0 Å². The summed E-state index contributed by atoms with van der Waals surface area (Å²) < 4.78 is 2.38. The van der Waals surface area contributed by atoms with Gasteiger partial charge in [-0.15, -0.1) is 0 Å². The molecule has 1 heterocycles. The minimum Gasteiger partial charge on any atom is -0.310 e. The van der Waals surface area contributed by atoms with Gasteiger partial charge >= 0.3 is 0 Å². The average molecular weight is 795 g/mol. The zero-order valence-electron chi connectivity index (χ0n) is 35.5. The molecule has 2 heteroatoms. The average Bonchev–Trinajstić information content (AvgIpc) is 3.87. The molecular weight excluding hydrogens is 749 g/mol. The monoisotopic (exact) mass is 794 g/mol. The Hall–Kier alpha value is -7.42. The normalized spacial score (nSPS) is 14.1. The van der Waals surface area contributed by atoms with Crippen molar-refractivity contribution in [3.63, 3.8) is 0 Å². The van der Waals surface area contributed by atoms with Crippen molar-refractivity contribution in [2.45, 2.75) is 38.5 Å². The molecule has 0 atom stereocenters. The van der Waals surface area contributed by atoms with Gasteiger partial charge in [-0.2, -0.15) is 0 Å². The molecule has 62 heavy (non-hydrogen) atoms. The Labute approximate surface area is 364 Å². The quantitative estimate of drug-likeness (QED) is 0.163. The third kappa shape index (κ3) is 5.29. The molecule has 2 nitrogen and oxygen atoms in total. The van der Waals surface area contributed by atoms with Gasteiger partial charge < -0.3 is 9.47 Å². The van der Waals surface area contributed by atoms with Crippen LogP contribution in [0.4, 0.5) is 17.1 Å². The van der Waals surface area contributed by atoms with Gasteiger partial charge in [0, 0.05) is 44.2 Å². The first-order chi connectivity index (χ1) is 30.3. The van der Waals surface area contributed by atoms with E-state index in [0.29, 0.717) is 0 Å². The van der Waals surface area contributed by atoms with E-state index in [1.54, 1.807) is 0 Å². The Morgan fingerprint density at radius 3 is 1.68 bits per heavy atom. The summed E-state index contributed by atoms with van der Waals surface area (Å²) in [6.07, 6.45) is 0. The highest BCUT2D eigenvalue weighted by molar-refractivity contribution is 6.10. The summed E-state index contributed by atoms with van der Waals surface area (Å²) in [6, 6.07) is 76.5. The summed E-state index contributed by atoms with van der Waals surface area (Å²) >= 11 is 0. The Morgan fingerprint density at radius 1 is 0.355 bits per heavy atom. The van der Waals surface area contributed by atoms with E-state index >= 15 is 0 Å². The number of para-hydroxylation sites is 2. The molecule has 2 aliphatic rings. The molecule has 0 saturated carbocycles. The molecule has 1 aromatic heterocycles. The van der Waals surface area contributed by atoms with E-state index in [2.05, 4.69) is 243 Å². The van der Waals surface area contributed by atoms with E-state index < -0.39 is 0 Å². The van der Waals surface area contributed by atoms with E-state index in [-0.39, 0.29) is 10.8 Å². The highest BCUT2D eigenvalue weighted by atomic mass is 15.1. The Kier molecular flexibility index (Phi) is 7.96. The van der Waals surface area contributed by atoms with Crippen LogP contribution in [0.5, 0.6) is 0 Å². The van der Waals surface area contributed by atoms with Crippen LogP contribution in [0.1, 0.15) is 49.9 Å². The fourth-order valence-electron chi connectivity index (χ4n) is 11.0. The maximum Gasteiger partial charge on any atom is 0.0543 e. The molecule has 0 N–H and O–H groups in total. The first-order valence-corrected chi connectivity index (χ1v) is 21.9. The molecule has 0 unspecified atom stereocenters. The molecule has 0 fully saturated rings. The second kappa shape index (κ2) is 13.5. The van der Waals surface area contributed by atoms with Crippen molar-refractivity contribution in [3.8, 4) is 50.2 Å². The van der Waals surface area contributed by atoms with Crippen molar-refractivity contribution in [1.82, 2.24) is 4.57 Å². The van der Waals surface area contributed by atoms with Crippen LogP contribution in [0.25, 0.3) is 72.0 Å². The highest BCUT2D eigenvalue weighted by Crippen LogP contribution is 2.55. The minimum absolute atomic E-state index is 0.0678. The summed E-state index contributed by atoms with van der Waals surface area (Å²) in [5.41, 5.74) is 22.5. The van der Waals surface area contributed by atoms with E-state index in [0.717, 1.165) is 11.4 Å². The number of hydrogen-bond acceptors (Lipinski definition) is 1. The van der Waals surface area contributed by atoms with Gasteiger partial charge in [0.05, 0.1) is 16.7 Å². The van der Waals surface area contributed by atoms with Crippen LogP contribution in [0.2, 0.25) is 0 Å². The van der Waals surface area contributed by atoms with Gasteiger partial charge in [0.1, 0.15) is 0 Å². The van der Waals surface area contributed by atoms with Crippen molar-refractivity contribution in [2.24, 2.45) is 0 Å². The number of anilines is 3.